The number of rotatable bonds is 12. The number of aromatic hydroxyl groups is 1. The summed E-state index contributed by atoms with van der Waals surface area (Å²) in [6.07, 6.45) is 7.17. The van der Waals surface area contributed by atoms with E-state index in [0.29, 0.717) is 30.6 Å². The number of hydrogen-bond acceptors (Lipinski definition) is 6. The van der Waals surface area contributed by atoms with Gasteiger partial charge in [-0.15, -0.1) is 0 Å². The second-order valence-electron chi connectivity index (χ2n) is 17.0. The first kappa shape index (κ1) is 39.9. The second kappa shape index (κ2) is 16.5. The maximum absolute atomic E-state index is 14.3. The molecule has 1 aliphatic heterocycles. The van der Waals surface area contributed by atoms with Crippen LogP contribution in [0.1, 0.15) is 95.8 Å². The van der Waals surface area contributed by atoms with Gasteiger partial charge >= 0.3 is 0 Å². The Morgan fingerprint density at radius 2 is 1.50 bits per heavy atom. The Morgan fingerprint density at radius 1 is 0.926 bits per heavy atom. The van der Waals surface area contributed by atoms with Crippen molar-refractivity contribution in [3.8, 4) is 5.75 Å². The van der Waals surface area contributed by atoms with Crippen LogP contribution < -0.4 is 10.4 Å². The van der Waals surface area contributed by atoms with E-state index < -0.39 is 32.2 Å². The molecule has 2 fully saturated rings. The lowest BCUT2D eigenvalue weighted by molar-refractivity contribution is -0.143. The van der Waals surface area contributed by atoms with Crippen LogP contribution in [0.15, 0.2) is 89.5 Å². The van der Waals surface area contributed by atoms with Crippen LogP contribution in [0.3, 0.4) is 0 Å². The van der Waals surface area contributed by atoms with Crippen molar-refractivity contribution < 1.29 is 29.3 Å². The van der Waals surface area contributed by atoms with Gasteiger partial charge in [0, 0.05) is 12.0 Å². The number of aryl methyl sites for hydroxylation is 2. The van der Waals surface area contributed by atoms with Crippen LogP contribution in [0.25, 0.3) is 6.08 Å². The van der Waals surface area contributed by atoms with E-state index in [1.807, 2.05) is 45.0 Å². The second-order valence-corrected chi connectivity index (χ2v) is 21.3. The molecule has 7 nitrogen and oxygen atoms in total. The maximum Gasteiger partial charge on any atom is 0.261 e. The highest BCUT2D eigenvalue weighted by molar-refractivity contribution is 6.99. The summed E-state index contributed by atoms with van der Waals surface area (Å²) in [5.41, 5.74) is 5.16. The van der Waals surface area contributed by atoms with Crippen molar-refractivity contribution in [3.63, 3.8) is 0 Å². The number of amides is 2. The zero-order chi connectivity index (χ0) is 38.8. The van der Waals surface area contributed by atoms with Crippen LogP contribution in [0.5, 0.6) is 5.75 Å². The zero-order valence-corrected chi connectivity index (χ0v) is 34.0. The van der Waals surface area contributed by atoms with Crippen molar-refractivity contribution in [2.24, 2.45) is 17.8 Å². The molecule has 3 aromatic rings. The lowest BCUT2D eigenvalue weighted by atomic mass is 9.68. The highest BCUT2D eigenvalue weighted by Crippen LogP contribution is 2.48. The number of aliphatic hydroxyl groups excluding tert-OH is 2. The molecule has 1 saturated heterocycles. The predicted molar refractivity (Wildman–Crippen MR) is 218 cm³/mol. The Morgan fingerprint density at radius 3 is 2.04 bits per heavy atom. The summed E-state index contributed by atoms with van der Waals surface area (Å²) in [7, 11) is -2.99. The minimum absolute atomic E-state index is 0.103. The molecule has 0 unspecified atom stereocenters. The molecule has 3 N–H and O–H groups in total. The molecule has 0 aromatic heterocycles. The molecule has 1 heterocycles. The van der Waals surface area contributed by atoms with Gasteiger partial charge in [-0.05, 0) is 108 Å². The number of likely N-dealkylation sites (tertiary alicyclic amines) is 1. The quantitative estimate of drug-likeness (QED) is 0.101. The summed E-state index contributed by atoms with van der Waals surface area (Å²) in [6.45, 7) is 12.3. The Labute approximate surface area is 322 Å². The number of benzene rings is 3. The van der Waals surface area contributed by atoms with Crippen molar-refractivity contribution >= 4 is 36.6 Å². The molecule has 0 spiro atoms. The van der Waals surface area contributed by atoms with Gasteiger partial charge in [-0.2, -0.15) is 0 Å². The van der Waals surface area contributed by atoms with Crippen LogP contribution in [0, 0.1) is 31.6 Å². The molecule has 1 saturated carbocycles. The van der Waals surface area contributed by atoms with Gasteiger partial charge in [0.25, 0.3) is 8.32 Å². The number of allylic oxidation sites excluding steroid dienone is 1. The lowest BCUT2D eigenvalue weighted by Crippen LogP contribution is -2.66. The first-order valence-electron chi connectivity index (χ1n) is 19.9. The van der Waals surface area contributed by atoms with Gasteiger partial charge in [-0.1, -0.05) is 112 Å². The van der Waals surface area contributed by atoms with Crippen LogP contribution in [0.4, 0.5) is 0 Å². The molecule has 0 bridgehead atoms. The fourth-order valence-corrected chi connectivity index (χ4v) is 14.3. The van der Waals surface area contributed by atoms with Crippen molar-refractivity contribution in [3.05, 3.63) is 106 Å². The van der Waals surface area contributed by atoms with Crippen LogP contribution in [-0.2, 0) is 14.0 Å². The van der Waals surface area contributed by atoms with Crippen molar-refractivity contribution in [1.29, 1.82) is 0 Å². The SMILES string of the molecule is C/C(=C\c1cc(C)c(O)c(C)c1)CC[C@@H](O)C1=C(CO[Si](c2ccccc2)(c2ccccc2)C(C)(C)C)C[C@H]2C(=O)N(C3CCCCC3)C(=O)[C@H]2[C@H]1CO. The highest BCUT2D eigenvalue weighted by Gasteiger charge is 2.57. The highest BCUT2D eigenvalue weighted by atomic mass is 28.4. The fourth-order valence-electron chi connectivity index (χ4n) is 9.72. The van der Waals surface area contributed by atoms with Crippen molar-refractivity contribution in [2.75, 3.05) is 13.2 Å². The van der Waals surface area contributed by atoms with Gasteiger partial charge < -0.3 is 19.7 Å². The minimum Gasteiger partial charge on any atom is -0.507 e. The molecular weight excluding hydrogens is 691 g/mol. The number of imide groups is 1. The number of hydrogen-bond donors (Lipinski definition) is 3. The topological polar surface area (TPSA) is 107 Å². The standard InChI is InChI=1S/C46H59NO6Si/c1-30(24-33-25-31(2)43(50)32(3)26-33)22-23-40(49)41-34(27-38-42(39(41)28-48)45(52)47(44(38)51)35-16-10-7-11-17-35)29-53-54(46(4,5)6,36-18-12-8-13-19-36)37-20-14-9-15-21-37/h8-9,12-15,18-21,24-26,35,38-40,42,48-50H,7,10-11,16-17,22-23,27-29H2,1-6H3/b30-24+/t38-,39+,40-,42-/m1/s1. The van der Waals surface area contributed by atoms with Crippen molar-refractivity contribution in [1.82, 2.24) is 4.90 Å². The van der Waals surface area contributed by atoms with Gasteiger partial charge in [0.05, 0.1) is 31.2 Å². The molecule has 2 amide bonds. The zero-order valence-electron chi connectivity index (χ0n) is 33.0. The summed E-state index contributed by atoms with van der Waals surface area (Å²) >= 11 is 0. The van der Waals surface area contributed by atoms with Gasteiger partial charge in [-0.3, -0.25) is 14.5 Å². The molecule has 54 heavy (non-hydrogen) atoms. The molecule has 3 aromatic carbocycles. The molecule has 2 aliphatic carbocycles. The normalized spacial score (nSPS) is 22.2. The summed E-state index contributed by atoms with van der Waals surface area (Å²) < 4.78 is 7.42. The Hall–Kier alpha value is -3.82. The summed E-state index contributed by atoms with van der Waals surface area (Å²) in [6, 6.07) is 24.6. The first-order chi connectivity index (χ1) is 25.8. The average Bonchev–Trinajstić information content (AvgIpc) is 3.41. The molecular formula is C46H59NO6Si. The number of phenolic OH excluding ortho intramolecular Hbond substituents is 1. The van der Waals surface area contributed by atoms with E-state index in [4.69, 9.17) is 4.43 Å². The number of phenols is 1. The molecule has 3 aliphatic rings. The third-order valence-corrected chi connectivity index (χ3v) is 17.3. The van der Waals surface area contributed by atoms with E-state index in [1.54, 1.807) is 4.90 Å². The van der Waals surface area contributed by atoms with Gasteiger partial charge in [0.1, 0.15) is 5.75 Å². The average molecular weight is 750 g/mol. The fraction of sp³-hybridized carbons (Fsp3) is 0.478. The monoisotopic (exact) mass is 749 g/mol. The van der Waals surface area contributed by atoms with Crippen LogP contribution in [-0.4, -0.2) is 65.7 Å². The third kappa shape index (κ3) is 7.68. The first-order valence-corrected chi connectivity index (χ1v) is 21.8. The number of nitrogens with zero attached hydrogens (tertiary/aromatic N) is 1. The van der Waals surface area contributed by atoms with Crippen LogP contribution in [0.2, 0.25) is 5.04 Å². The molecule has 4 atom stereocenters. The molecule has 6 rings (SSSR count). The van der Waals surface area contributed by atoms with E-state index in [0.717, 1.165) is 70.3 Å². The molecule has 8 heteroatoms. The summed E-state index contributed by atoms with van der Waals surface area (Å²) in [5, 5.41) is 35.6. The lowest BCUT2D eigenvalue weighted by Gasteiger charge is -2.44. The minimum atomic E-state index is -2.99. The molecule has 0 radical (unpaired) electrons. The summed E-state index contributed by atoms with van der Waals surface area (Å²) in [5.74, 6) is -2.01. The van der Waals surface area contributed by atoms with E-state index in [9.17, 15) is 24.9 Å². The predicted octanol–water partition coefficient (Wildman–Crippen LogP) is 7.37. The maximum atomic E-state index is 14.3. The van der Waals surface area contributed by atoms with Gasteiger partial charge in [0.2, 0.25) is 11.8 Å². The number of carbonyl (C=O) groups is 2. The van der Waals surface area contributed by atoms with E-state index >= 15 is 0 Å². The van der Waals surface area contributed by atoms with Gasteiger partial charge in [0.15, 0.2) is 0 Å². The number of fused-ring (bicyclic) bond motifs is 1. The Bertz CT molecular complexity index is 1810. The summed E-state index contributed by atoms with van der Waals surface area (Å²) in [4.78, 5) is 30.1. The largest absolute Gasteiger partial charge is 0.507 e. The number of aliphatic hydroxyl groups is 2. The van der Waals surface area contributed by atoms with Crippen LogP contribution >= 0.6 is 0 Å². The smallest absolute Gasteiger partial charge is 0.261 e. The van der Waals surface area contributed by atoms with E-state index in [2.05, 4.69) is 75.4 Å². The van der Waals surface area contributed by atoms with E-state index in [-0.39, 0.29) is 36.1 Å². The third-order valence-electron chi connectivity index (χ3n) is 12.3. The van der Waals surface area contributed by atoms with E-state index in [1.165, 1.54) is 0 Å². The Kier molecular flexibility index (Phi) is 12.2. The number of carbonyl (C=O) groups excluding carboxylic acids is 2. The Balaban J connectivity index is 1.39. The molecule has 288 valence electrons. The van der Waals surface area contributed by atoms with Crippen molar-refractivity contribution in [2.45, 2.75) is 110 Å². The van der Waals surface area contributed by atoms with Gasteiger partial charge in [-0.25, -0.2) is 0 Å².